The van der Waals surface area contributed by atoms with Gasteiger partial charge in [0.2, 0.25) is 5.91 Å². The standard InChI is InChI=1S/C17H27NO2.C6H14.2C2H6/c1-6-9-18-17(19)13(4)10-14-7-8-15(20-5)11-16(14)12(2)3;1-3-5-6-4-2;2*1-2/h7-8,11-13H,6,9-10H2,1-5H3,(H,18,19);3-6H2,1-2H3;2*1-2H3. The molecule has 1 atom stereocenters. The van der Waals surface area contributed by atoms with Crippen molar-refractivity contribution < 1.29 is 9.53 Å². The summed E-state index contributed by atoms with van der Waals surface area (Å²) in [5.41, 5.74) is 2.50. The molecule has 1 aromatic rings. The van der Waals surface area contributed by atoms with E-state index in [9.17, 15) is 4.79 Å². The summed E-state index contributed by atoms with van der Waals surface area (Å²) in [4.78, 5) is 12.0. The molecule has 0 bridgehead atoms. The first kappa shape index (κ1) is 33.1. The lowest BCUT2D eigenvalue weighted by molar-refractivity contribution is -0.124. The molecule has 0 radical (unpaired) electrons. The minimum Gasteiger partial charge on any atom is -0.497 e. The third kappa shape index (κ3) is 16.3. The van der Waals surface area contributed by atoms with Gasteiger partial charge in [0.15, 0.2) is 0 Å². The summed E-state index contributed by atoms with van der Waals surface area (Å²) in [6, 6.07) is 6.13. The van der Waals surface area contributed by atoms with Crippen molar-refractivity contribution in [3.8, 4) is 5.75 Å². The lowest BCUT2D eigenvalue weighted by Crippen LogP contribution is -2.31. The molecule has 0 aliphatic rings. The molecule has 178 valence electrons. The number of rotatable bonds is 10. The highest BCUT2D eigenvalue weighted by molar-refractivity contribution is 5.78. The normalized spacial score (nSPS) is 10.4. The number of hydrogen-bond acceptors (Lipinski definition) is 2. The smallest absolute Gasteiger partial charge is 0.223 e. The summed E-state index contributed by atoms with van der Waals surface area (Å²) < 4.78 is 5.29. The average molecular weight is 424 g/mol. The fourth-order valence-corrected chi connectivity index (χ4v) is 2.77. The zero-order valence-corrected chi connectivity index (χ0v) is 22.2. The molecule has 1 amide bonds. The highest BCUT2D eigenvalue weighted by Gasteiger charge is 2.16. The summed E-state index contributed by atoms with van der Waals surface area (Å²) in [6.45, 7) is 21.6. The van der Waals surface area contributed by atoms with Crippen LogP contribution in [0.3, 0.4) is 0 Å². The first-order chi connectivity index (χ1) is 14.4. The molecule has 1 unspecified atom stereocenters. The van der Waals surface area contributed by atoms with Crippen LogP contribution in [0.1, 0.15) is 118 Å². The van der Waals surface area contributed by atoms with Crippen molar-refractivity contribution in [2.75, 3.05) is 13.7 Å². The van der Waals surface area contributed by atoms with Crippen molar-refractivity contribution in [1.82, 2.24) is 5.32 Å². The second-order valence-electron chi connectivity index (χ2n) is 7.32. The van der Waals surface area contributed by atoms with Crippen LogP contribution in [0.4, 0.5) is 0 Å². The summed E-state index contributed by atoms with van der Waals surface area (Å²) in [6.07, 6.45) is 7.28. The first-order valence-corrected chi connectivity index (χ1v) is 12.4. The SMILES string of the molecule is CC.CC.CCCCCC.CCCNC(=O)C(C)Cc1ccc(OC)cc1C(C)C. The minimum atomic E-state index is -0.00700. The lowest BCUT2D eigenvalue weighted by Gasteiger charge is -2.17. The fraction of sp³-hybridized carbons (Fsp3) is 0.741. The Bertz CT molecular complexity index is 494. The Morgan fingerprint density at radius 3 is 1.87 bits per heavy atom. The zero-order valence-electron chi connectivity index (χ0n) is 22.2. The van der Waals surface area contributed by atoms with Gasteiger partial charge in [0.1, 0.15) is 5.75 Å². The first-order valence-electron chi connectivity index (χ1n) is 12.4. The fourth-order valence-electron chi connectivity index (χ4n) is 2.77. The van der Waals surface area contributed by atoms with E-state index >= 15 is 0 Å². The molecular weight excluding hydrogens is 370 g/mol. The minimum absolute atomic E-state index is 0.00700. The van der Waals surface area contributed by atoms with Crippen LogP contribution in [0, 0.1) is 5.92 Å². The molecule has 3 heteroatoms. The molecule has 0 heterocycles. The maximum absolute atomic E-state index is 12.0. The number of benzene rings is 1. The lowest BCUT2D eigenvalue weighted by atomic mass is 9.90. The number of nitrogens with one attached hydrogen (secondary N) is 1. The van der Waals surface area contributed by atoms with Crippen LogP contribution in [0.25, 0.3) is 0 Å². The van der Waals surface area contributed by atoms with Crippen LogP contribution < -0.4 is 10.1 Å². The predicted molar refractivity (Wildman–Crippen MR) is 136 cm³/mol. The van der Waals surface area contributed by atoms with Crippen LogP contribution >= 0.6 is 0 Å². The molecule has 30 heavy (non-hydrogen) atoms. The van der Waals surface area contributed by atoms with Gasteiger partial charge in [-0.25, -0.2) is 0 Å². The number of hydrogen-bond donors (Lipinski definition) is 1. The number of carbonyl (C=O) groups is 1. The van der Waals surface area contributed by atoms with Gasteiger partial charge < -0.3 is 10.1 Å². The Labute approximate surface area is 189 Å². The Kier molecular flexibility index (Phi) is 26.3. The van der Waals surface area contributed by atoms with E-state index in [4.69, 9.17) is 4.74 Å². The average Bonchev–Trinajstić information content (AvgIpc) is 2.79. The summed E-state index contributed by atoms with van der Waals surface area (Å²) in [7, 11) is 1.68. The molecule has 0 aliphatic heterocycles. The molecule has 3 nitrogen and oxygen atoms in total. The van der Waals surface area contributed by atoms with Crippen molar-refractivity contribution in [2.24, 2.45) is 5.92 Å². The van der Waals surface area contributed by atoms with Gasteiger partial charge in [-0.2, -0.15) is 0 Å². The monoisotopic (exact) mass is 423 g/mol. The largest absolute Gasteiger partial charge is 0.497 e. The van der Waals surface area contributed by atoms with Gasteiger partial charge in [0, 0.05) is 12.5 Å². The van der Waals surface area contributed by atoms with E-state index in [0.29, 0.717) is 5.92 Å². The molecule has 0 saturated heterocycles. The molecule has 0 fully saturated rings. The number of amides is 1. The Morgan fingerprint density at radius 1 is 0.933 bits per heavy atom. The third-order valence-corrected chi connectivity index (χ3v) is 4.46. The maximum Gasteiger partial charge on any atom is 0.223 e. The van der Waals surface area contributed by atoms with Crippen LogP contribution in [-0.2, 0) is 11.2 Å². The van der Waals surface area contributed by atoms with Crippen LogP contribution in [-0.4, -0.2) is 19.6 Å². The molecule has 0 spiro atoms. The van der Waals surface area contributed by atoms with E-state index in [1.54, 1.807) is 7.11 Å². The van der Waals surface area contributed by atoms with Crippen LogP contribution in [0.15, 0.2) is 18.2 Å². The van der Waals surface area contributed by atoms with Gasteiger partial charge in [0.05, 0.1) is 7.11 Å². The van der Waals surface area contributed by atoms with Gasteiger partial charge in [-0.05, 0) is 42.0 Å². The summed E-state index contributed by atoms with van der Waals surface area (Å²) >= 11 is 0. The third-order valence-electron chi connectivity index (χ3n) is 4.46. The number of unbranched alkanes of at least 4 members (excludes halogenated alkanes) is 3. The second kappa shape index (κ2) is 23.8. The van der Waals surface area contributed by atoms with Crippen molar-refractivity contribution in [2.45, 2.75) is 114 Å². The predicted octanol–water partition coefficient (Wildman–Crippen LogP) is 8.16. The highest BCUT2D eigenvalue weighted by Crippen LogP contribution is 2.26. The molecule has 1 rings (SSSR count). The van der Waals surface area contributed by atoms with E-state index in [1.165, 1.54) is 36.8 Å². The molecule has 0 aliphatic carbocycles. The van der Waals surface area contributed by atoms with Crippen molar-refractivity contribution in [1.29, 1.82) is 0 Å². The Hall–Kier alpha value is -1.51. The zero-order chi connectivity index (χ0) is 23.9. The number of ether oxygens (including phenoxy) is 1. The molecule has 0 aromatic heterocycles. The van der Waals surface area contributed by atoms with E-state index < -0.39 is 0 Å². The van der Waals surface area contributed by atoms with Gasteiger partial charge in [0.25, 0.3) is 0 Å². The number of methoxy groups -OCH3 is 1. The molecule has 1 N–H and O–H groups in total. The van der Waals surface area contributed by atoms with E-state index in [0.717, 1.165) is 25.1 Å². The maximum atomic E-state index is 12.0. The van der Waals surface area contributed by atoms with Crippen molar-refractivity contribution in [3.05, 3.63) is 29.3 Å². The van der Waals surface area contributed by atoms with Crippen LogP contribution in [0.2, 0.25) is 0 Å². The van der Waals surface area contributed by atoms with E-state index in [2.05, 4.69) is 52.1 Å². The van der Waals surface area contributed by atoms with Gasteiger partial charge in [-0.3, -0.25) is 4.79 Å². The van der Waals surface area contributed by atoms with Crippen molar-refractivity contribution in [3.63, 3.8) is 0 Å². The van der Waals surface area contributed by atoms with E-state index in [1.807, 2.05) is 40.7 Å². The second-order valence-corrected chi connectivity index (χ2v) is 7.32. The van der Waals surface area contributed by atoms with E-state index in [-0.39, 0.29) is 11.8 Å². The quantitative estimate of drug-likeness (QED) is 0.385. The molecule has 1 aromatic carbocycles. The highest BCUT2D eigenvalue weighted by atomic mass is 16.5. The summed E-state index contributed by atoms with van der Waals surface area (Å²) in [5, 5.41) is 2.96. The van der Waals surface area contributed by atoms with Crippen LogP contribution in [0.5, 0.6) is 5.75 Å². The van der Waals surface area contributed by atoms with Gasteiger partial charge >= 0.3 is 0 Å². The Balaban J connectivity index is -0.000000616. The summed E-state index contributed by atoms with van der Waals surface area (Å²) in [5.74, 6) is 1.43. The number of carbonyl (C=O) groups excluding carboxylic acids is 1. The Morgan fingerprint density at radius 2 is 1.47 bits per heavy atom. The van der Waals surface area contributed by atoms with Crippen molar-refractivity contribution >= 4 is 5.91 Å². The van der Waals surface area contributed by atoms with Gasteiger partial charge in [-0.15, -0.1) is 0 Å². The van der Waals surface area contributed by atoms with Gasteiger partial charge in [-0.1, -0.05) is 101 Å². The topological polar surface area (TPSA) is 38.3 Å². The molecule has 0 saturated carbocycles. The molecular formula is C27H53NO2.